The number of aryl methyl sites for hydroxylation is 2. The van der Waals surface area contributed by atoms with Gasteiger partial charge in [0.05, 0.1) is 29.5 Å². The molecule has 0 spiro atoms. The van der Waals surface area contributed by atoms with Crippen LogP contribution in [0.2, 0.25) is 0 Å². The summed E-state index contributed by atoms with van der Waals surface area (Å²) >= 11 is 0. The smallest absolute Gasteiger partial charge is 0.354 e. The maximum atomic E-state index is 11.1. The van der Waals surface area contributed by atoms with Crippen molar-refractivity contribution in [2.45, 2.75) is 33.7 Å². The van der Waals surface area contributed by atoms with Crippen molar-refractivity contribution < 1.29 is 9.90 Å². The minimum atomic E-state index is -1.05. The SMILES string of the molecule is Cc1cc(Nc2nccc(-c3cnc(C)n3C(C)C)n2)cnc1C(=O)O. The molecule has 3 aromatic heterocycles. The highest BCUT2D eigenvalue weighted by Crippen LogP contribution is 2.24. The maximum absolute atomic E-state index is 11.1. The van der Waals surface area contributed by atoms with Gasteiger partial charge in [0.1, 0.15) is 5.82 Å². The van der Waals surface area contributed by atoms with Gasteiger partial charge < -0.3 is 15.0 Å². The number of carboxylic acid groups (broad SMARTS) is 1. The van der Waals surface area contributed by atoms with Gasteiger partial charge in [-0.05, 0) is 45.4 Å². The summed E-state index contributed by atoms with van der Waals surface area (Å²) in [6.07, 6.45) is 4.92. The number of hydrogen-bond donors (Lipinski definition) is 2. The summed E-state index contributed by atoms with van der Waals surface area (Å²) in [5.41, 5.74) is 2.88. The van der Waals surface area contributed by atoms with Crippen LogP contribution in [0.4, 0.5) is 11.6 Å². The van der Waals surface area contributed by atoms with E-state index in [1.807, 2.05) is 13.0 Å². The molecule has 0 aliphatic heterocycles. The van der Waals surface area contributed by atoms with Gasteiger partial charge in [0, 0.05) is 12.2 Å². The lowest BCUT2D eigenvalue weighted by Crippen LogP contribution is -2.07. The molecule has 2 N–H and O–H groups in total. The van der Waals surface area contributed by atoms with Crippen LogP contribution in [0.3, 0.4) is 0 Å². The van der Waals surface area contributed by atoms with E-state index in [4.69, 9.17) is 5.11 Å². The molecular formula is C18H20N6O2. The van der Waals surface area contributed by atoms with Gasteiger partial charge in [-0.25, -0.2) is 24.7 Å². The highest BCUT2D eigenvalue weighted by molar-refractivity contribution is 5.87. The van der Waals surface area contributed by atoms with E-state index < -0.39 is 5.97 Å². The van der Waals surface area contributed by atoms with E-state index in [1.165, 1.54) is 6.20 Å². The van der Waals surface area contributed by atoms with Crippen LogP contribution in [0.25, 0.3) is 11.4 Å². The average molecular weight is 352 g/mol. The Hall–Kier alpha value is -3.29. The first-order valence-electron chi connectivity index (χ1n) is 8.21. The fraction of sp³-hybridized carbons (Fsp3) is 0.278. The Bertz CT molecular complexity index is 964. The van der Waals surface area contributed by atoms with Gasteiger partial charge in [0.2, 0.25) is 5.95 Å². The van der Waals surface area contributed by atoms with Crippen LogP contribution in [0.5, 0.6) is 0 Å². The summed E-state index contributed by atoms with van der Waals surface area (Å²) in [7, 11) is 0. The van der Waals surface area contributed by atoms with Crippen LogP contribution in [0.15, 0.2) is 30.7 Å². The minimum Gasteiger partial charge on any atom is -0.477 e. The number of nitrogens with zero attached hydrogens (tertiary/aromatic N) is 5. The third-order valence-electron chi connectivity index (χ3n) is 3.95. The Labute approximate surface area is 151 Å². The summed E-state index contributed by atoms with van der Waals surface area (Å²) < 4.78 is 2.11. The Balaban J connectivity index is 1.91. The highest BCUT2D eigenvalue weighted by Gasteiger charge is 2.14. The molecule has 0 fully saturated rings. The van der Waals surface area contributed by atoms with Gasteiger partial charge in [-0.3, -0.25) is 0 Å². The number of imidazole rings is 1. The molecule has 8 nitrogen and oxygen atoms in total. The average Bonchev–Trinajstić information content (AvgIpc) is 2.96. The number of rotatable bonds is 5. The Morgan fingerprint density at radius 1 is 1.19 bits per heavy atom. The molecule has 0 atom stereocenters. The molecule has 0 aliphatic carbocycles. The van der Waals surface area contributed by atoms with Crippen molar-refractivity contribution in [1.29, 1.82) is 0 Å². The van der Waals surface area contributed by atoms with E-state index >= 15 is 0 Å². The molecule has 0 aromatic carbocycles. The number of anilines is 2. The Kier molecular flexibility index (Phi) is 4.66. The number of carboxylic acids is 1. The predicted octanol–water partition coefficient (Wildman–Crippen LogP) is 3.37. The fourth-order valence-electron chi connectivity index (χ4n) is 2.85. The van der Waals surface area contributed by atoms with Crippen molar-refractivity contribution in [1.82, 2.24) is 24.5 Å². The highest BCUT2D eigenvalue weighted by atomic mass is 16.4. The molecule has 3 aromatic rings. The first kappa shape index (κ1) is 17.5. The first-order valence-corrected chi connectivity index (χ1v) is 8.21. The van der Waals surface area contributed by atoms with Gasteiger partial charge in [-0.15, -0.1) is 0 Å². The Morgan fingerprint density at radius 3 is 2.62 bits per heavy atom. The molecule has 0 bridgehead atoms. The molecule has 0 saturated carbocycles. The molecule has 8 heteroatoms. The second kappa shape index (κ2) is 6.91. The third kappa shape index (κ3) is 3.39. The third-order valence-corrected chi connectivity index (χ3v) is 3.95. The summed E-state index contributed by atoms with van der Waals surface area (Å²) in [6, 6.07) is 3.79. The molecule has 3 heterocycles. The van der Waals surface area contributed by atoms with Crippen molar-refractivity contribution in [3.05, 3.63) is 47.8 Å². The lowest BCUT2D eigenvalue weighted by atomic mass is 10.2. The van der Waals surface area contributed by atoms with E-state index in [2.05, 4.69) is 43.7 Å². The molecule has 26 heavy (non-hydrogen) atoms. The number of aromatic carboxylic acids is 1. The van der Waals surface area contributed by atoms with Crippen molar-refractivity contribution in [2.75, 3.05) is 5.32 Å². The van der Waals surface area contributed by atoms with Crippen molar-refractivity contribution >= 4 is 17.6 Å². The van der Waals surface area contributed by atoms with Crippen LogP contribution in [-0.2, 0) is 0 Å². The van der Waals surface area contributed by atoms with Crippen LogP contribution >= 0.6 is 0 Å². The zero-order chi connectivity index (χ0) is 18.8. The van der Waals surface area contributed by atoms with Crippen LogP contribution in [0.1, 0.15) is 41.8 Å². The second-order valence-electron chi connectivity index (χ2n) is 6.24. The number of aromatic nitrogens is 5. The van der Waals surface area contributed by atoms with Crippen molar-refractivity contribution in [3.8, 4) is 11.4 Å². The van der Waals surface area contributed by atoms with E-state index in [-0.39, 0.29) is 11.7 Å². The normalized spacial score (nSPS) is 11.0. The molecule has 134 valence electrons. The van der Waals surface area contributed by atoms with E-state index in [0.29, 0.717) is 17.2 Å². The number of nitrogens with one attached hydrogen (secondary N) is 1. The zero-order valence-electron chi connectivity index (χ0n) is 15.1. The standard InChI is InChI=1S/C18H20N6O2/c1-10(2)24-12(4)20-9-15(24)14-5-6-19-18(23-14)22-13-7-11(3)16(17(25)26)21-8-13/h5-10H,1-4H3,(H,25,26)(H,19,22,23). The molecule has 0 amide bonds. The quantitative estimate of drug-likeness (QED) is 0.725. The predicted molar refractivity (Wildman–Crippen MR) is 97.6 cm³/mol. The number of carbonyl (C=O) groups is 1. The zero-order valence-corrected chi connectivity index (χ0v) is 15.1. The summed E-state index contributed by atoms with van der Waals surface area (Å²) in [5, 5.41) is 12.1. The topological polar surface area (TPSA) is 106 Å². The lowest BCUT2D eigenvalue weighted by molar-refractivity contribution is 0.0689. The van der Waals surface area contributed by atoms with Crippen LogP contribution in [0, 0.1) is 13.8 Å². The van der Waals surface area contributed by atoms with Gasteiger partial charge >= 0.3 is 5.97 Å². The van der Waals surface area contributed by atoms with Crippen LogP contribution < -0.4 is 5.32 Å². The monoisotopic (exact) mass is 352 g/mol. The molecule has 3 rings (SSSR count). The van der Waals surface area contributed by atoms with Crippen LogP contribution in [-0.4, -0.2) is 35.6 Å². The summed E-state index contributed by atoms with van der Waals surface area (Å²) in [4.78, 5) is 28.2. The molecule has 0 saturated heterocycles. The molecule has 0 aliphatic rings. The first-order chi connectivity index (χ1) is 12.4. The van der Waals surface area contributed by atoms with E-state index in [1.54, 1.807) is 25.4 Å². The maximum Gasteiger partial charge on any atom is 0.354 e. The van der Waals surface area contributed by atoms with Gasteiger partial charge in [-0.1, -0.05) is 0 Å². The number of pyridine rings is 1. The van der Waals surface area contributed by atoms with Crippen molar-refractivity contribution in [2.24, 2.45) is 0 Å². The summed E-state index contributed by atoms with van der Waals surface area (Å²) in [6.45, 7) is 7.85. The van der Waals surface area contributed by atoms with Gasteiger partial charge in [0.25, 0.3) is 0 Å². The molecule has 0 radical (unpaired) electrons. The lowest BCUT2D eigenvalue weighted by Gasteiger charge is -2.14. The van der Waals surface area contributed by atoms with Gasteiger partial charge in [0.15, 0.2) is 5.69 Å². The molecule has 0 unspecified atom stereocenters. The largest absolute Gasteiger partial charge is 0.477 e. The van der Waals surface area contributed by atoms with Gasteiger partial charge in [-0.2, -0.15) is 0 Å². The Morgan fingerprint density at radius 2 is 1.96 bits per heavy atom. The fourth-order valence-corrected chi connectivity index (χ4v) is 2.85. The molecular weight excluding hydrogens is 332 g/mol. The van der Waals surface area contributed by atoms with E-state index in [9.17, 15) is 4.79 Å². The van der Waals surface area contributed by atoms with E-state index in [0.717, 1.165) is 17.2 Å². The number of hydrogen-bond acceptors (Lipinski definition) is 6. The van der Waals surface area contributed by atoms with Crippen molar-refractivity contribution in [3.63, 3.8) is 0 Å². The second-order valence-corrected chi connectivity index (χ2v) is 6.24. The summed E-state index contributed by atoms with van der Waals surface area (Å²) in [5.74, 6) is 0.276. The minimum absolute atomic E-state index is 0.0292.